The van der Waals surface area contributed by atoms with Crippen LogP contribution in [0.1, 0.15) is 20.8 Å². The number of likely N-dealkylation sites (N-methyl/N-ethyl adjacent to an activating group) is 1. The van der Waals surface area contributed by atoms with Crippen molar-refractivity contribution < 1.29 is 14.5 Å². The summed E-state index contributed by atoms with van der Waals surface area (Å²) >= 11 is 11.7. The Hall–Kier alpha value is -1.81. The maximum Gasteiger partial charge on any atom is 0.279 e. The predicted octanol–water partition coefficient (Wildman–Crippen LogP) is 1.50. The number of benzene rings is 1. The molecule has 0 bridgehead atoms. The van der Waals surface area contributed by atoms with Crippen LogP contribution in [0.25, 0.3) is 0 Å². The summed E-state index contributed by atoms with van der Waals surface area (Å²) in [5.41, 5.74) is -0.395. The molecule has 0 aromatic heterocycles. The van der Waals surface area contributed by atoms with Gasteiger partial charge >= 0.3 is 0 Å². The first-order valence-electron chi connectivity index (χ1n) is 7.86. The number of quaternary nitrogens is 1. The number of carbonyl (C=O) groups excluding carboxylic acids is 2. The van der Waals surface area contributed by atoms with E-state index in [9.17, 15) is 14.9 Å². The van der Waals surface area contributed by atoms with Crippen molar-refractivity contribution in [2.24, 2.45) is 5.92 Å². The van der Waals surface area contributed by atoms with Gasteiger partial charge in [-0.05, 0) is 31.0 Å². The van der Waals surface area contributed by atoms with E-state index < -0.39 is 5.54 Å². The Morgan fingerprint density at radius 2 is 1.84 bits per heavy atom. The van der Waals surface area contributed by atoms with Gasteiger partial charge in [-0.1, -0.05) is 37.0 Å². The SMILES string of the molecule is CC(C)[C@@](C)(C#N)NC(=O)C[NH+](C)CC(=O)Nc1ccc(Cl)c(Cl)c1. The topological polar surface area (TPSA) is 86.4 Å². The lowest BCUT2D eigenvalue weighted by molar-refractivity contribution is -0.862. The van der Waals surface area contributed by atoms with E-state index in [0.717, 1.165) is 0 Å². The fourth-order valence-corrected chi connectivity index (χ4v) is 2.32. The van der Waals surface area contributed by atoms with Crippen molar-refractivity contribution >= 4 is 40.7 Å². The lowest BCUT2D eigenvalue weighted by atomic mass is 9.90. The lowest BCUT2D eigenvalue weighted by Crippen LogP contribution is -3.11. The minimum atomic E-state index is -0.931. The molecule has 6 nitrogen and oxygen atoms in total. The number of nitrogens with one attached hydrogen (secondary N) is 3. The van der Waals surface area contributed by atoms with E-state index in [-0.39, 0.29) is 30.8 Å². The molecule has 1 rings (SSSR count). The molecule has 8 heteroatoms. The number of nitriles is 1. The molecule has 136 valence electrons. The minimum absolute atomic E-state index is 0.0280. The number of hydrogen-bond donors (Lipinski definition) is 3. The second kappa shape index (κ2) is 9.04. The normalized spacial score (nSPS) is 14.3. The third-order valence-corrected chi connectivity index (χ3v) is 4.65. The molecule has 0 aliphatic carbocycles. The fraction of sp³-hybridized carbons (Fsp3) is 0.471. The summed E-state index contributed by atoms with van der Waals surface area (Å²) in [7, 11) is 1.73. The highest BCUT2D eigenvalue weighted by molar-refractivity contribution is 6.42. The number of hydrogen-bond acceptors (Lipinski definition) is 3. The molecule has 0 saturated heterocycles. The summed E-state index contributed by atoms with van der Waals surface area (Å²) in [4.78, 5) is 24.9. The molecular weight excluding hydrogens is 363 g/mol. The van der Waals surface area contributed by atoms with Gasteiger partial charge in [-0.3, -0.25) is 9.59 Å². The van der Waals surface area contributed by atoms with E-state index in [1.807, 2.05) is 13.8 Å². The third-order valence-electron chi connectivity index (χ3n) is 3.91. The van der Waals surface area contributed by atoms with E-state index in [1.165, 1.54) is 0 Å². The monoisotopic (exact) mass is 385 g/mol. The summed E-state index contributed by atoms with van der Waals surface area (Å²) < 4.78 is 0. The van der Waals surface area contributed by atoms with E-state index in [0.29, 0.717) is 20.6 Å². The van der Waals surface area contributed by atoms with Gasteiger partial charge in [0.1, 0.15) is 5.54 Å². The highest BCUT2D eigenvalue weighted by Gasteiger charge is 2.31. The summed E-state index contributed by atoms with van der Waals surface area (Å²) in [5.74, 6) is -0.562. The Balaban J connectivity index is 2.54. The van der Waals surface area contributed by atoms with Crippen LogP contribution in [0, 0.1) is 17.2 Å². The van der Waals surface area contributed by atoms with E-state index in [2.05, 4.69) is 16.7 Å². The fourth-order valence-electron chi connectivity index (χ4n) is 2.02. The molecule has 0 saturated carbocycles. The zero-order chi connectivity index (χ0) is 19.2. The van der Waals surface area contributed by atoms with Crippen molar-refractivity contribution in [3.05, 3.63) is 28.2 Å². The van der Waals surface area contributed by atoms with Gasteiger partial charge in [0.15, 0.2) is 13.1 Å². The summed E-state index contributed by atoms with van der Waals surface area (Å²) in [6.45, 7) is 5.59. The molecule has 0 aliphatic rings. The van der Waals surface area contributed by atoms with Crippen LogP contribution < -0.4 is 15.5 Å². The Morgan fingerprint density at radius 3 is 2.36 bits per heavy atom. The third kappa shape index (κ3) is 6.54. The van der Waals surface area contributed by atoms with Crippen LogP contribution in [-0.2, 0) is 9.59 Å². The van der Waals surface area contributed by atoms with Crippen LogP contribution >= 0.6 is 23.2 Å². The molecule has 1 aromatic carbocycles. The molecule has 0 radical (unpaired) electrons. The summed E-state index contributed by atoms with van der Waals surface area (Å²) in [6.07, 6.45) is 0. The molecule has 0 heterocycles. The first-order valence-corrected chi connectivity index (χ1v) is 8.61. The Morgan fingerprint density at radius 1 is 1.24 bits per heavy atom. The average molecular weight is 386 g/mol. The highest BCUT2D eigenvalue weighted by Crippen LogP contribution is 2.24. The van der Waals surface area contributed by atoms with Crippen LogP contribution in [-0.4, -0.2) is 37.5 Å². The first-order chi connectivity index (χ1) is 11.6. The number of anilines is 1. The Bertz CT molecular complexity index is 688. The number of nitrogens with zero attached hydrogens (tertiary/aromatic N) is 1. The van der Waals surface area contributed by atoms with Gasteiger partial charge in [0, 0.05) is 5.69 Å². The Kier molecular flexibility index (Phi) is 7.68. The largest absolute Gasteiger partial charge is 0.333 e. The second-order valence-electron chi connectivity index (χ2n) is 6.50. The van der Waals surface area contributed by atoms with E-state index in [4.69, 9.17) is 23.2 Å². The Labute approximate surface area is 158 Å². The summed E-state index contributed by atoms with van der Waals surface area (Å²) in [5, 5.41) is 15.4. The summed E-state index contributed by atoms with van der Waals surface area (Å²) in [6, 6.07) is 6.93. The van der Waals surface area contributed by atoms with Crippen molar-refractivity contribution in [2.75, 3.05) is 25.5 Å². The first kappa shape index (κ1) is 21.2. The smallest absolute Gasteiger partial charge is 0.279 e. The minimum Gasteiger partial charge on any atom is -0.333 e. The molecule has 2 amide bonds. The molecule has 3 N–H and O–H groups in total. The molecule has 1 aromatic rings. The average Bonchev–Trinajstić information content (AvgIpc) is 2.50. The number of halogens is 2. The quantitative estimate of drug-likeness (QED) is 0.664. The van der Waals surface area contributed by atoms with Gasteiger partial charge in [0.2, 0.25) is 0 Å². The van der Waals surface area contributed by atoms with Crippen molar-refractivity contribution in [3.63, 3.8) is 0 Å². The molecule has 1 unspecified atom stereocenters. The predicted molar refractivity (Wildman–Crippen MR) is 98.7 cm³/mol. The zero-order valence-electron chi connectivity index (χ0n) is 14.7. The maximum atomic E-state index is 12.1. The standard InChI is InChI=1S/C17H22Cl2N4O2/c1-11(2)17(3,10-20)22-16(25)9-23(4)8-15(24)21-12-5-6-13(18)14(19)7-12/h5-7,11H,8-9H2,1-4H3,(H,21,24)(H,22,25)/p+1/t17-/m1/s1. The molecule has 0 aliphatic heterocycles. The van der Waals surface area contributed by atoms with Gasteiger partial charge in [-0.25, -0.2) is 0 Å². The van der Waals surface area contributed by atoms with E-state index >= 15 is 0 Å². The van der Waals surface area contributed by atoms with Crippen LogP contribution in [0.2, 0.25) is 10.0 Å². The van der Waals surface area contributed by atoms with Gasteiger partial charge < -0.3 is 15.5 Å². The van der Waals surface area contributed by atoms with Crippen molar-refractivity contribution in [3.8, 4) is 6.07 Å². The number of rotatable bonds is 7. The van der Waals surface area contributed by atoms with Crippen LogP contribution in [0.5, 0.6) is 0 Å². The zero-order valence-corrected chi connectivity index (χ0v) is 16.3. The maximum absolute atomic E-state index is 12.1. The molecular formula is C17H23Cl2N4O2+. The van der Waals surface area contributed by atoms with Crippen LogP contribution in [0.15, 0.2) is 18.2 Å². The van der Waals surface area contributed by atoms with Crippen molar-refractivity contribution in [2.45, 2.75) is 26.3 Å². The van der Waals surface area contributed by atoms with Crippen molar-refractivity contribution in [1.29, 1.82) is 5.26 Å². The number of amides is 2. The molecule has 2 atom stereocenters. The van der Waals surface area contributed by atoms with Gasteiger partial charge in [-0.2, -0.15) is 5.26 Å². The van der Waals surface area contributed by atoms with Gasteiger partial charge in [0.05, 0.1) is 23.2 Å². The highest BCUT2D eigenvalue weighted by atomic mass is 35.5. The van der Waals surface area contributed by atoms with Crippen LogP contribution in [0.4, 0.5) is 5.69 Å². The molecule has 0 fully saturated rings. The molecule has 0 spiro atoms. The lowest BCUT2D eigenvalue weighted by Gasteiger charge is -2.27. The number of carbonyl (C=O) groups is 2. The van der Waals surface area contributed by atoms with Crippen molar-refractivity contribution in [1.82, 2.24) is 5.32 Å². The second-order valence-corrected chi connectivity index (χ2v) is 7.32. The van der Waals surface area contributed by atoms with Gasteiger partial charge in [0.25, 0.3) is 11.8 Å². The molecule has 25 heavy (non-hydrogen) atoms. The van der Waals surface area contributed by atoms with Crippen LogP contribution in [0.3, 0.4) is 0 Å². The van der Waals surface area contributed by atoms with E-state index in [1.54, 1.807) is 32.2 Å². The van der Waals surface area contributed by atoms with Gasteiger partial charge in [-0.15, -0.1) is 0 Å².